The summed E-state index contributed by atoms with van der Waals surface area (Å²) in [6, 6.07) is 8.61. The summed E-state index contributed by atoms with van der Waals surface area (Å²) in [6.07, 6.45) is 1.12. The molecule has 0 unspecified atom stereocenters. The van der Waals surface area contributed by atoms with Crippen LogP contribution in [0.25, 0.3) is 11.0 Å². The van der Waals surface area contributed by atoms with Crippen LogP contribution in [0, 0.1) is 0 Å². The van der Waals surface area contributed by atoms with Gasteiger partial charge < -0.3 is 9.88 Å². The summed E-state index contributed by atoms with van der Waals surface area (Å²) in [6.45, 7) is 5.41. The van der Waals surface area contributed by atoms with E-state index in [4.69, 9.17) is 0 Å². The number of para-hydroxylation sites is 2. The van der Waals surface area contributed by atoms with Gasteiger partial charge in [-0.15, -0.1) is 0 Å². The molecule has 1 aromatic heterocycles. The molecular weight excluding hydrogens is 278 g/mol. The highest BCUT2D eigenvalue weighted by molar-refractivity contribution is 9.09. The quantitative estimate of drug-likeness (QED) is 0.855. The molecule has 0 aliphatic heterocycles. The summed E-state index contributed by atoms with van der Waals surface area (Å²) in [5, 5.41) is 1.02. The Morgan fingerprint density at radius 3 is 2.76 bits per heavy atom. The van der Waals surface area contributed by atoms with E-state index in [-0.39, 0.29) is 0 Å². The van der Waals surface area contributed by atoms with Crippen LogP contribution in [-0.2, 0) is 0 Å². The third kappa shape index (κ3) is 2.80. The summed E-state index contributed by atoms with van der Waals surface area (Å²) < 4.78 is 0. The van der Waals surface area contributed by atoms with Gasteiger partial charge in [0.05, 0.1) is 11.0 Å². The average Bonchev–Trinajstić information content (AvgIpc) is 2.72. The number of H-pyrrole nitrogens is 1. The molecule has 17 heavy (non-hydrogen) atoms. The van der Waals surface area contributed by atoms with Crippen molar-refractivity contribution in [2.45, 2.75) is 26.3 Å². The van der Waals surface area contributed by atoms with E-state index in [2.05, 4.69) is 50.7 Å². The van der Waals surface area contributed by atoms with E-state index >= 15 is 0 Å². The number of halogens is 1. The molecule has 0 saturated carbocycles. The lowest BCUT2D eigenvalue weighted by molar-refractivity contribution is 0.659. The summed E-state index contributed by atoms with van der Waals surface area (Å²) in [5.41, 5.74) is 2.14. The molecule has 0 spiro atoms. The number of aromatic amines is 1. The van der Waals surface area contributed by atoms with Crippen molar-refractivity contribution < 1.29 is 0 Å². The molecule has 0 bridgehead atoms. The number of nitrogens with zero attached hydrogens (tertiary/aromatic N) is 2. The van der Waals surface area contributed by atoms with Crippen molar-refractivity contribution >= 4 is 32.9 Å². The molecule has 1 N–H and O–H groups in total. The van der Waals surface area contributed by atoms with Crippen molar-refractivity contribution in [1.29, 1.82) is 0 Å². The third-order valence-corrected chi connectivity index (χ3v) is 3.37. The van der Waals surface area contributed by atoms with E-state index in [0.717, 1.165) is 35.3 Å². The van der Waals surface area contributed by atoms with Gasteiger partial charge in [0, 0.05) is 17.9 Å². The first-order chi connectivity index (χ1) is 8.22. The molecule has 0 aliphatic rings. The molecule has 1 aromatic carbocycles. The summed E-state index contributed by atoms with van der Waals surface area (Å²) in [5.74, 6) is 0.974. The van der Waals surface area contributed by atoms with Crippen molar-refractivity contribution in [3.05, 3.63) is 24.3 Å². The first-order valence-electron chi connectivity index (χ1n) is 5.99. The number of hydrogen-bond donors (Lipinski definition) is 1. The van der Waals surface area contributed by atoms with Crippen LogP contribution < -0.4 is 4.90 Å². The smallest absolute Gasteiger partial charge is 0.204 e. The van der Waals surface area contributed by atoms with Gasteiger partial charge in [0.15, 0.2) is 0 Å². The minimum Gasteiger partial charge on any atom is -0.340 e. The molecule has 2 rings (SSSR count). The number of nitrogens with one attached hydrogen (secondary N) is 1. The number of hydrogen-bond acceptors (Lipinski definition) is 2. The molecule has 1 heterocycles. The van der Waals surface area contributed by atoms with Crippen molar-refractivity contribution in [3.8, 4) is 0 Å². The second-order valence-corrected chi connectivity index (χ2v) is 5.20. The largest absolute Gasteiger partial charge is 0.340 e. The molecule has 0 amide bonds. The lowest BCUT2D eigenvalue weighted by atomic mass is 10.3. The zero-order valence-electron chi connectivity index (χ0n) is 10.3. The lowest BCUT2D eigenvalue weighted by Gasteiger charge is -2.25. The minimum absolute atomic E-state index is 0.453. The van der Waals surface area contributed by atoms with E-state index in [9.17, 15) is 0 Å². The van der Waals surface area contributed by atoms with Crippen molar-refractivity contribution in [1.82, 2.24) is 9.97 Å². The standard InChI is InChI=1S/C13H18BrN3/c1-10(2)17(9-5-8-14)13-15-11-6-3-4-7-12(11)16-13/h3-4,6-7,10H,5,8-9H2,1-2H3,(H,15,16). The first-order valence-corrected chi connectivity index (χ1v) is 7.12. The topological polar surface area (TPSA) is 31.9 Å². The summed E-state index contributed by atoms with van der Waals surface area (Å²) in [7, 11) is 0. The average molecular weight is 296 g/mol. The minimum atomic E-state index is 0.453. The molecule has 0 fully saturated rings. The molecule has 4 heteroatoms. The zero-order valence-corrected chi connectivity index (χ0v) is 11.9. The number of rotatable bonds is 5. The fourth-order valence-electron chi connectivity index (χ4n) is 1.91. The molecule has 0 aliphatic carbocycles. The number of aromatic nitrogens is 2. The predicted octanol–water partition coefficient (Wildman–Crippen LogP) is 3.56. The highest BCUT2D eigenvalue weighted by Gasteiger charge is 2.13. The Morgan fingerprint density at radius 2 is 2.12 bits per heavy atom. The van der Waals surface area contributed by atoms with E-state index in [1.807, 2.05) is 18.2 Å². The van der Waals surface area contributed by atoms with E-state index in [1.54, 1.807) is 0 Å². The highest BCUT2D eigenvalue weighted by Crippen LogP contribution is 2.19. The molecule has 0 saturated heterocycles. The van der Waals surface area contributed by atoms with E-state index in [0.29, 0.717) is 6.04 Å². The highest BCUT2D eigenvalue weighted by atomic mass is 79.9. The van der Waals surface area contributed by atoms with E-state index in [1.165, 1.54) is 0 Å². The molecule has 3 nitrogen and oxygen atoms in total. The van der Waals surface area contributed by atoms with Gasteiger partial charge in [0.25, 0.3) is 0 Å². The maximum absolute atomic E-state index is 4.64. The second kappa shape index (κ2) is 5.54. The second-order valence-electron chi connectivity index (χ2n) is 4.41. The van der Waals surface area contributed by atoms with Gasteiger partial charge in [-0.25, -0.2) is 4.98 Å². The molecule has 0 atom stereocenters. The van der Waals surface area contributed by atoms with Gasteiger partial charge in [-0.1, -0.05) is 28.1 Å². The maximum atomic E-state index is 4.64. The van der Waals surface area contributed by atoms with Gasteiger partial charge in [-0.3, -0.25) is 0 Å². The molecule has 0 radical (unpaired) electrons. The summed E-state index contributed by atoms with van der Waals surface area (Å²) >= 11 is 3.48. The van der Waals surface area contributed by atoms with Gasteiger partial charge in [-0.05, 0) is 32.4 Å². The predicted molar refractivity (Wildman–Crippen MR) is 77.0 cm³/mol. The molecule has 92 valence electrons. The molecular formula is C13H18BrN3. The normalized spacial score (nSPS) is 11.3. The number of anilines is 1. The number of imidazole rings is 1. The Kier molecular flexibility index (Phi) is 4.05. The van der Waals surface area contributed by atoms with Crippen LogP contribution in [0.3, 0.4) is 0 Å². The van der Waals surface area contributed by atoms with Crippen LogP contribution in [0.5, 0.6) is 0 Å². The number of benzene rings is 1. The van der Waals surface area contributed by atoms with Gasteiger partial charge >= 0.3 is 0 Å². The van der Waals surface area contributed by atoms with Gasteiger partial charge in [0.2, 0.25) is 5.95 Å². The van der Waals surface area contributed by atoms with Crippen molar-refractivity contribution in [2.75, 3.05) is 16.8 Å². The zero-order chi connectivity index (χ0) is 12.3. The summed E-state index contributed by atoms with van der Waals surface area (Å²) in [4.78, 5) is 10.3. The lowest BCUT2D eigenvalue weighted by Crippen LogP contribution is -2.32. The fraction of sp³-hybridized carbons (Fsp3) is 0.462. The number of fused-ring (bicyclic) bond motifs is 1. The Hall–Kier alpha value is -1.03. The van der Waals surface area contributed by atoms with Crippen LogP contribution in [0.4, 0.5) is 5.95 Å². The first kappa shape index (κ1) is 12.4. The van der Waals surface area contributed by atoms with Crippen molar-refractivity contribution in [2.24, 2.45) is 0 Å². The van der Waals surface area contributed by atoms with Gasteiger partial charge in [0.1, 0.15) is 0 Å². The van der Waals surface area contributed by atoms with Crippen LogP contribution in [0.2, 0.25) is 0 Å². The van der Waals surface area contributed by atoms with Crippen molar-refractivity contribution in [3.63, 3.8) is 0 Å². The third-order valence-electron chi connectivity index (χ3n) is 2.80. The fourth-order valence-corrected chi connectivity index (χ4v) is 2.16. The van der Waals surface area contributed by atoms with Crippen LogP contribution in [0.1, 0.15) is 20.3 Å². The van der Waals surface area contributed by atoms with Crippen LogP contribution >= 0.6 is 15.9 Å². The Bertz CT molecular complexity index is 445. The number of alkyl halides is 1. The SMILES string of the molecule is CC(C)N(CCCBr)c1nc2ccccc2[nH]1. The van der Waals surface area contributed by atoms with E-state index < -0.39 is 0 Å². The maximum Gasteiger partial charge on any atom is 0.204 e. The Morgan fingerprint density at radius 1 is 1.35 bits per heavy atom. The van der Waals surface area contributed by atoms with Crippen LogP contribution in [-0.4, -0.2) is 27.9 Å². The Balaban J connectivity index is 2.28. The van der Waals surface area contributed by atoms with Crippen LogP contribution in [0.15, 0.2) is 24.3 Å². The monoisotopic (exact) mass is 295 g/mol. The molecule has 2 aromatic rings. The van der Waals surface area contributed by atoms with Gasteiger partial charge in [-0.2, -0.15) is 0 Å². The Labute approximate surface area is 110 Å².